The summed E-state index contributed by atoms with van der Waals surface area (Å²) in [5, 5.41) is -0.679. The molecule has 0 bridgehead atoms. The fraction of sp³-hybridized carbons (Fsp3) is 0.417. The second kappa shape index (κ2) is 6.38. The molecule has 0 spiro atoms. The Kier molecular flexibility index (Phi) is 5.41. The molecule has 100 valence electrons. The lowest BCUT2D eigenvalue weighted by Crippen LogP contribution is -2.39. The van der Waals surface area contributed by atoms with Crippen LogP contribution in [0.15, 0.2) is 29.2 Å². The van der Waals surface area contributed by atoms with Crippen LogP contribution in [-0.4, -0.2) is 23.7 Å². The zero-order valence-corrected chi connectivity index (χ0v) is 11.5. The number of hydrogen-bond acceptors (Lipinski definition) is 3. The van der Waals surface area contributed by atoms with Gasteiger partial charge in [-0.05, 0) is 38.1 Å². The molecule has 1 aromatic carbocycles. The summed E-state index contributed by atoms with van der Waals surface area (Å²) in [5.74, 6) is -5.00. The molecule has 0 radical (unpaired) electrons. The van der Waals surface area contributed by atoms with Gasteiger partial charge in [-0.1, -0.05) is 11.6 Å². The smallest absolute Gasteiger partial charge is 0.378 e. The van der Waals surface area contributed by atoms with Gasteiger partial charge in [0.25, 0.3) is 0 Å². The van der Waals surface area contributed by atoms with E-state index in [-0.39, 0.29) is 6.61 Å². The lowest BCUT2D eigenvalue weighted by atomic mass is 10.2. The Morgan fingerprint density at radius 2 is 2.00 bits per heavy atom. The van der Waals surface area contributed by atoms with Crippen molar-refractivity contribution in [2.45, 2.75) is 29.9 Å². The molecule has 1 unspecified atom stereocenters. The SMILES string of the molecule is CCOC(=O)C(F)(F)C(C)Sc1ccc(Cl)cc1. The predicted octanol–water partition coefficient (Wildman–Crippen LogP) is 4.02. The summed E-state index contributed by atoms with van der Waals surface area (Å²) in [6.07, 6.45) is 0. The molecule has 0 heterocycles. The number of esters is 1. The summed E-state index contributed by atoms with van der Waals surface area (Å²) in [7, 11) is 0. The molecular formula is C12H13ClF2O2S. The van der Waals surface area contributed by atoms with Gasteiger partial charge in [-0.25, -0.2) is 4.79 Å². The molecule has 1 rings (SSSR count). The average molecular weight is 295 g/mol. The number of hydrogen-bond donors (Lipinski definition) is 0. The summed E-state index contributed by atoms with van der Waals surface area (Å²) < 4.78 is 31.6. The minimum atomic E-state index is -3.51. The second-order valence-electron chi connectivity index (χ2n) is 3.56. The Morgan fingerprint density at radius 1 is 1.44 bits per heavy atom. The van der Waals surface area contributed by atoms with Gasteiger partial charge in [0.2, 0.25) is 0 Å². The fourth-order valence-corrected chi connectivity index (χ4v) is 2.26. The standard InChI is InChI=1S/C12H13ClF2O2S/c1-3-17-11(16)12(14,15)8(2)18-10-6-4-9(13)5-7-10/h4-8H,3H2,1-2H3. The number of carbonyl (C=O) groups is 1. The third kappa shape index (κ3) is 3.85. The Labute approximate surface area is 114 Å². The van der Waals surface area contributed by atoms with Crippen LogP contribution in [0.1, 0.15) is 13.8 Å². The minimum absolute atomic E-state index is 0.0627. The number of ether oxygens (including phenoxy) is 1. The predicted molar refractivity (Wildman–Crippen MR) is 68.4 cm³/mol. The minimum Gasteiger partial charge on any atom is -0.462 e. The van der Waals surface area contributed by atoms with Crippen molar-refractivity contribution in [1.29, 1.82) is 0 Å². The van der Waals surface area contributed by atoms with Gasteiger partial charge < -0.3 is 4.74 Å². The quantitative estimate of drug-likeness (QED) is 0.606. The van der Waals surface area contributed by atoms with Crippen molar-refractivity contribution < 1.29 is 18.3 Å². The van der Waals surface area contributed by atoms with E-state index in [4.69, 9.17) is 11.6 Å². The highest BCUT2D eigenvalue weighted by Crippen LogP contribution is 2.35. The van der Waals surface area contributed by atoms with Crippen LogP contribution in [-0.2, 0) is 9.53 Å². The molecule has 18 heavy (non-hydrogen) atoms. The van der Waals surface area contributed by atoms with E-state index < -0.39 is 17.1 Å². The first-order valence-electron chi connectivity index (χ1n) is 5.35. The van der Waals surface area contributed by atoms with Gasteiger partial charge in [-0.3, -0.25) is 0 Å². The maximum Gasteiger partial charge on any atom is 0.378 e. The van der Waals surface area contributed by atoms with Crippen molar-refractivity contribution in [1.82, 2.24) is 0 Å². The average Bonchev–Trinajstić information content (AvgIpc) is 2.32. The van der Waals surface area contributed by atoms with E-state index >= 15 is 0 Å². The molecule has 1 atom stereocenters. The van der Waals surface area contributed by atoms with Crippen LogP contribution < -0.4 is 0 Å². The van der Waals surface area contributed by atoms with Crippen LogP contribution in [0.5, 0.6) is 0 Å². The molecule has 0 saturated carbocycles. The fourth-order valence-electron chi connectivity index (χ4n) is 1.18. The summed E-state index contributed by atoms with van der Waals surface area (Å²) in [5.41, 5.74) is 0. The number of carbonyl (C=O) groups excluding carboxylic acids is 1. The number of rotatable bonds is 5. The Balaban J connectivity index is 2.72. The zero-order valence-electron chi connectivity index (χ0n) is 9.95. The van der Waals surface area contributed by atoms with Crippen molar-refractivity contribution in [2.24, 2.45) is 0 Å². The van der Waals surface area contributed by atoms with Gasteiger partial charge >= 0.3 is 11.9 Å². The second-order valence-corrected chi connectivity index (χ2v) is 5.41. The highest BCUT2D eigenvalue weighted by molar-refractivity contribution is 8.00. The Bertz CT molecular complexity index is 409. The van der Waals surface area contributed by atoms with Gasteiger partial charge in [0.1, 0.15) is 0 Å². The number of benzene rings is 1. The highest BCUT2D eigenvalue weighted by Gasteiger charge is 2.46. The van der Waals surface area contributed by atoms with Gasteiger partial charge in [0.15, 0.2) is 0 Å². The summed E-state index contributed by atoms with van der Waals surface area (Å²) in [6.45, 7) is 2.72. The van der Waals surface area contributed by atoms with Crippen LogP contribution >= 0.6 is 23.4 Å². The van der Waals surface area contributed by atoms with Crippen LogP contribution in [0.4, 0.5) is 8.78 Å². The normalized spacial score (nSPS) is 13.2. The van der Waals surface area contributed by atoms with Crippen LogP contribution in [0.2, 0.25) is 5.02 Å². The number of halogens is 3. The maximum atomic E-state index is 13.6. The van der Waals surface area contributed by atoms with Crippen molar-refractivity contribution in [3.05, 3.63) is 29.3 Å². The van der Waals surface area contributed by atoms with E-state index in [1.165, 1.54) is 13.8 Å². The van der Waals surface area contributed by atoms with Gasteiger partial charge in [0.05, 0.1) is 11.9 Å². The third-order valence-electron chi connectivity index (χ3n) is 2.18. The molecule has 2 nitrogen and oxygen atoms in total. The largest absolute Gasteiger partial charge is 0.462 e. The maximum absolute atomic E-state index is 13.6. The Morgan fingerprint density at radius 3 is 2.50 bits per heavy atom. The molecule has 0 amide bonds. The molecule has 0 saturated heterocycles. The van der Waals surface area contributed by atoms with E-state index in [2.05, 4.69) is 4.74 Å². The first kappa shape index (κ1) is 15.2. The molecule has 0 aliphatic rings. The first-order chi connectivity index (χ1) is 8.37. The van der Waals surface area contributed by atoms with E-state index in [1.807, 2.05) is 0 Å². The van der Waals surface area contributed by atoms with Gasteiger partial charge in [-0.2, -0.15) is 8.78 Å². The molecule has 0 aromatic heterocycles. The third-order valence-corrected chi connectivity index (χ3v) is 3.63. The summed E-state index contributed by atoms with van der Waals surface area (Å²) in [6, 6.07) is 6.48. The number of alkyl halides is 2. The van der Waals surface area contributed by atoms with E-state index in [0.29, 0.717) is 9.92 Å². The van der Waals surface area contributed by atoms with E-state index in [1.54, 1.807) is 24.3 Å². The summed E-state index contributed by atoms with van der Waals surface area (Å²) >= 11 is 6.60. The molecular weight excluding hydrogens is 282 g/mol. The highest BCUT2D eigenvalue weighted by atomic mass is 35.5. The van der Waals surface area contributed by atoms with Crippen LogP contribution in [0.25, 0.3) is 0 Å². The lowest BCUT2D eigenvalue weighted by molar-refractivity contribution is -0.170. The van der Waals surface area contributed by atoms with Crippen molar-refractivity contribution >= 4 is 29.3 Å². The van der Waals surface area contributed by atoms with Crippen LogP contribution in [0, 0.1) is 0 Å². The molecule has 0 fully saturated rings. The van der Waals surface area contributed by atoms with Gasteiger partial charge in [0, 0.05) is 9.92 Å². The first-order valence-corrected chi connectivity index (χ1v) is 6.61. The molecule has 6 heteroatoms. The van der Waals surface area contributed by atoms with Crippen molar-refractivity contribution in [3.8, 4) is 0 Å². The van der Waals surface area contributed by atoms with Crippen LogP contribution in [0.3, 0.4) is 0 Å². The molecule has 1 aromatic rings. The zero-order chi connectivity index (χ0) is 13.8. The monoisotopic (exact) mass is 294 g/mol. The van der Waals surface area contributed by atoms with E-state index in [0.717, 1.165) is 11.8 Å². The molecule has 0 aliphatic carbocycles. The van der Waals surface area contributed by atoms with Crippen molar-refractivity contribution in [3.63, 3.8) is 0 Å². The van der Waals surface area contributed by atoms with Crippen molar-refractivity contribution in [2.75, 3.05) is 6.61 Å². The lowest BCUT2D eigenvalue weighted by Gasteiger charge is -2.21. The number of thioether (sulfide) groups is 1. The topological polar surface area (TPSA) is 26.3 Å². The molecule has 0 N–H and O–H groups in total. The molecule has 0 aliphatic heterocycles. The van der Waals surface area contributed by atoms with E-state index in [9.17, 15) is 13.6 Å². The summed E-state index contributed by atoms with van der Waals surface area (Å²) in [4.78, 5) is 11.8. The van der Waals surface area contributed by atoms with Gasteiger partial charge in [-0.15, -0.1) is 11.8 Å². The Hall–Kier alpha value is -0.810.